The van der Waals surface area contributed by atoms with Crippen molar-refractivity contribution in [3.8, 4) is 0 Å². The molecule has 0 unspecified atom stereocenters. The Morgan fingerprint density at radius 2 is 1.90 bits per heavy atom. The lowest BCUT2D eigenvalue weighted by Crippen LogP contribution is -2.51. The van der Waals surface area contributed by atoms with Gasteiger partial charge in [0.25, 0.3) is 0 Å². The van der Waals surface area contributed by atoms with Gasteiger partial charge in [-0.2, -0.15) is 0 Å². The fourth-order valence-corrected chi connectivity index (χ4v) is 1.76. The standard InChI is InChI=1S/C13H20N4OS2/c1-17(16-12(19)14-8-9-18-2)13(20)15-10-11-6-4-3-5-7-11/h3-7H,8-10H2,1-2H3,(H,15,20)(H2,14,16,19). The summed E-state index contributed by atoms with van der Waals surface area (Å²) >= 11 is 10.4. The Hall–Kier alpha value is -1.44. The third kappa shape index (κ3) is 6.65. The van der Waals surface area contributed by atoms with Gasteiger partial charge >= 0.3 is 0 Å². The molecule has 0 aliphatic rings. The van der Waals surface area contributed by atoms with Gasteiger partial charge in [-0.05, 0) is 30.0 Å². The van der Waals surface area contributed by atoms with E-state index in [4.69, 9.17) is 29.2 Å². The molecule has 110 valence electrons. The summed E-state index contributed by atoms with van der Waals surface area (Å²) in [5.74, 6) is 0. The highest BCUT2D eigenvalue weighted by Gasteiger charge is 2.05. The molecule has 0 amide bonds. The van der Waals surface area contributed by atoms with Crippen LogP contribution in [-0.2, 0) is 11.3 Å². The van der Waals surface area contributed by atoms with Crippen LogP contribution in [0.25, 0.3) is 0 Å². The van der Waals surface area contributed by atoms with Gasteiger partial charge in [-0.25, -0.2) is 0 Å². The number of nitrogens with zero attached hydrogens (tertiary/aromatic N) is 1. The van der Waals surface area contributed by atoms with Crippen molar-refractivity contribution in [1.29, 1.82) is 0 Å². The van der Waals surface area contributed by atoms with Gasteiger partial charge in [-0.3, -0.25) is 10.4 Å². The Morgan fingerprint density at radius 1 is 1.20 bits per heavy atom. The number of hydrogen-bond donors (Lipinski definition) is 3. The Labute approximate surface area is 130 Å². The lowest BCUT2D eigenvalue weighted by atomic mass is 10.2. The normalized spacial score (nSPS) is 9.70. The fraction of sp³-hybridized carbons (Fsp3) is 0.385. The molecule has 0 aliphatic heterocycles. The highest BCUT2D eigenvalue weighted by molar-refractivity contribution is 7.80. The number of methoxy groups -OCH3 is 1. The Balaban J connectivity index is 2.26. The highest BCUT2D eigenvalue weighted by atomic mass is 32.1. The first-order valence-electron chi connectivity index (χ1n) is 6.22. The van der Waals surface area contributed by atoms with Gasteiger partial charge in [0.1, 0.15) is 0 Å². The Morgan fingerprint density at radius 3 is 2.55 bits per heavy atom. The zero-order valence-electron chi connectivity index (χ0n) is 11.7. The van der Waals surface area contributed by atoms with Crippen LogP contribution in [0.4, 0.5) is 0 Å². The molecule has 1 aromatic rings. The van der Waals surface area contributed by atoms with Crippen molar-refractivity contribution < 1.29 is 4.74 Å². The van der Waals surface area contributed by atoms with Crippen molar-refractivity contribution in [2.24, 2.45) is 0 Å². The van der Waals surface area contributed by atoms with Gasteiger partial charge in [-0.1, -0.05) is 30.3 Å². The van der Waals surface area contributed by atoms with E-state index in [-0.39, 0.29) is 0 Å². The van der Waals surface area contributed by atoms with Crippen LogP contribution in [0.1, 0.15) is 5.56 Å². The molecular weight excluding hydrogens is 292 g/mol. The van der Waals surface area contributed by atoms with Crippen molar-refractivity contribution in [2.75, 3.05) is 27.3 Å². The summed E-state index contributed by atoms with van der Waals surface area (Å²) in [6.45, 7) is 1.93. The average molecular weight is 312 g/mol. The maximum absolute atomic E-state index is 5.27. The third-order valence-corrected chi connectivity index (χ3v) is 3.11. The van der Waals surface area contributed by atoms with Gasteiger partial charge in [0.2, 0.25) is 0 Å². The number of hydrazine groups is 1. The minimum absolute atomic E-state index is 0.508. The summed E-state index contributed by atoms with van der Waals surface area (Å²) < 4.78 is 4.93. The predicted molar refractivity (Wildman–Crippen MR) is 89.3 cm³/mol. The minimum Gasteiger partial charge on any atom is -0.383 e. The predicted octanol–water partition coefficient (Wildman–Crippen LogP) is 1.02. The van der Waals surface area contributed by atoms with Crippen LogP contribution in [0, 0.1) is 0 Å². The van der Waals surface area contributed by atoms with Crippen LogP contribution in [0.2, 0.25) is 0 Å². The third-order valence-electron chi connectivity index (χ3n) is 2.45. The molecule has 3 N–H and O–H groups in total. The molecule has 0 bridgehead atoms. The van der Waals surface area contributed by atoms with Gasteiger partial charge in [0, 0.05) is 27.2 Å². The van der Waals surface area contributed by atoms with Crippen LogP contribution in [0.5, 0.6) is 0 Å². The average Bonchev–Trinajstić information content (AvgIpc) is 2.46. The van der Waals surface area contributed by atoms with E-state index in [1.807, 2.05) is 37.4 Å². The molecule has 7 heteroatoms. The largest absolute Gasteiger partial charge is 0.383 e. The molecule has 0 atom stereocenters. The first kappa shape index (κ1) is 16.6. The van der Waals surface area contributed by atoms with Gasteiger partial charge in [0.05, 0.1) is 6.61 Å². The van der Waals surface area contributed by atoms with E-state index in [2.05, 4.69) is 16.1 Å². The number of nitrogens with one attached hydrogen (secondary N) is 3. The van der Waals surface area contributed by atoms with E-state index in [1.54, 1.807) is 12.1 Å². The lowest BCUT2D eigenvalue weighted by Gasteiger charge is -2.23. The summed E-state index contributed by atoms with van der Waals surface area (Å²) in [6.07, 6.45) is 0. The highest BCUT2D eigenvalue weighted by Crippen LogP contribution is 1.97. The Bertz CT molecular complexity index is 428. The SMILES string of the molecule is COCCNC(=S)NN(C)C(=S)NCc1ccccc1. The summed E-state index contributed by atoms with van der Waals surface area (Å²) in [5, 5.41) is 8.91. The second-order valence-electron chi connectivity index (χ2n) is 4.06. The van der Waals surface area contributed by atoms with Crippen molar-refractivity contribution >= 4 is 34.7 Å². The maximum Gasteiger partial charge on any atom is 0.187 e. The van der Waals surface area contributed by atoms with Crippen LogP contribution in [0.15, 0.2) is 30.3 Å². The number of thiocarbonyl (C=S) groups is 2. The fourth-order valence-electron chi connectivity index (χ4n) is 1.40. The first-order valence-corrected chi connectivity index (χ1v) is 7.04. The van der Waals surface area contributed by atoms with Crippen molar-refractivity contribution in [3.05, 3.63) is 35.9 Å². The maximum atomic E-state index is 5.27. The molecule has 0 saturated carbocycles. The number of rotatable bonds is 5. The molecule has 0 heterocycles. The van der Waals surface area contributed by atoms with E-state index >= 15 is 0 Å². The summed E-state index contributed by atoms with van der Waals surface area (Å²) in [7, 11) is 3.46. The van der Waals surface area contributed by atoms with E-state index in [9.17, 15) is 0 Å². The molecule has 5 nitrogen and oxygen atoms in total. The second-order valence-corrected chi connectivity index (χ2v) is 4.86. The van der Waals surface area contributed by atoms with E-state index in [0.717, 1.165) is 0 Å². The minimum atomic E-state index is 0.508. The van der Waals surface area contributed by atoms with Crippen LogP contribution in [-0.4, -0.2) is 42.5 Å². The van der Waals surface area contributed by atoms with E-state index in [1.165, 1.54) is 5.56 Å². The van der Waals surface area contributed by atoms with Crippen LogP contribution >= 0.6 is 24.4 Å². The molecule has 1 rings (SSSR count). The zero-order chi connectivity index (χ0) is 14.8. The molecule has 20 heavy (non-hydrogen) atoms. The van der Waals surface area contributed by atoms with E-state index < -0.39 is 0 Å². The van der Waals surface area contributed by atoms with E-state index in [0.29, 0.717) is 29.9 Å². The van der Waals surface area contributed by atoms with Crippen molar-refractivity contribution in [3.63, 3.8) is 0 Å². The Kier molecular flexibility index (Phi) is 7.86. The topological polar surface area (TPSA) is 48.6 Å². The van der Waals surface area contributed by atoms with Gasteiger partial charge in [0.15, 0.2) is 10.2 Å². The summed E-state index contributed by atoms with van der Waals surface area (Å²) in [5.41, 5.74) is 4.14. The molecule has 0 fully saturated rings. The van der Waals surface area contributed by atoms with Crippen LogP contribution < -0.4 is 16.1 Å². The zero-order valence-corrected chi connectivity index (χ0v) is 13.3. The van der Waals surface area contributed by atoms with Gasteiger partial charge < -0.3 is 15.4 Å². The van der Waals surface area contributed by atoms with Crippen molar-refractivity contribution in [1.82, 2.24) is 21.1 Å². The molecule has 1 aromatic carbocycles. The summed E-state index contributed by atoms with van der Waals surface area (Å²) in [6, 6.07) is 10.1. The monoisotopic (exact) mass is 312 g/mol. The molecule has 0 aromatic heterocycles. The lowest BCUT2D eigenvalue weighted by molar-refractivity contribution is 0.203. The summed E-state index contributed by atoms with van der Waals surface area (Å²) in [4.78, 5) is 0. The molecule has 0 radical (unpaired) electrons. The first-order chi connectivity index (χ1) is 9.63. The van der Waals surface area contributed by atoms with Crippen LogP contribution in [0.3, 0.4) is 0 Å². The number of benzene rings is 1. The second kappa shape index (κ2) is 9.46. The van der Waals surface area contributed by atoms with Gasteiger partial charge in [-0.15, -0.1) is 0 Å². The molecule has 0 spiro atoms. The van der Waals surface area contributed by atoms with Crippen molar-refractivity contribution in [2.45, 2.75) is 6.54 Å². The smallest absolute Gasteiger partial charge is 0.187 e. The molecule has 0 aliphatic carbocycles. The number of ether oxygens (including phenoxy) is 1. The number of hydrogen-bond acceptors (Lipinski definition) is 3. The molecular formula is C13H20N4OS2. The molecule has 0 saturated heterocycles. The quantitative estimate of drug-likeness (QED) is 0.426.